The fourth-order valence-electron chi connectivity index (χ4n) is 2.23. The number of nitrogens with zero attached hydrogens (tertiary/aromatic N) is 1. The Balaban J connectivity index is 2.02. The minimum atomic E-state index is -1.04. The molecule has 0 aromatic heterocycles. The lowest BCUT2D eigenvalue weighted by molar-refractivity contribution is -0.159. The van der Waals surface area contributed by atoms with Crippen LogP contribution < -0.4 is 5.73 Å². The van der Waals surface area contributed by atoms with Crippen molar-refractivity contribution < 1.29 is 19.4 Å². The number of carboxylic acids is 1. The summed E-state index contributed by atoms with van der Waals surface area (Å²) in [5.41, 5.74) is 7.47. The number of carboxylic acid groups (broad SMARTS) is 1. The summed E-state index contributed by atoms with van der Waals surface area (Å²) in [6, 6.07) is 7.50. The van der Waals surface area contributed by atoms with E-state index in [9.17, 15) is 9.59 Å². The van der Waals surface area contributed by atoms with Gasteiger partial charge in [0, 0.05) is 13.1 Å². The lowest BCUT2D eigenvalue weighted by atomic mass is 10.0. The van der Waals surface area contributed by atoms with E-state index in [0.29, 0.717) is 13.1 Å². The van der Waals surface area contributed by atoms with Gasteiger partial charge in [0.1, 0.15) is 0 Å². The first-order chi connectivity index (χ1) is 9.61. The van der Waals surface area contributed by atoms with Crippen molar-refractivity contribution in [3.05, 3.63) is 35.4 Å². The fraction of sp³-hybridized carbons (Fsp3) is 0.429. The Bertz CT molecular complexity index is 504. The van der Waals surface area contributed by atoms with Crippen LogP contribution in [0.3, 0.4) is 0 Å². The SMILES string of the molecule is NCc1ccccc1CC(=O)N1CCOC(C(=O)O)C1. The Morgan fingerprint density at radius 2 is 2.05 bits per heavy atom. The molecule has 1 heterocycles. The molecule has 1 amide bonds. The van der Waals surface area contributed by atoms with Gasteiger partial charge in [-0.25, -0.2) is 4.79 Å². The highest BCUT2D eigenvalue weighted by Crippen LogP contribution is 2.12. The monoisotopic (exact) mass is 278 g/mol. The zero-order valence-electron chi connectivity index (χ0n) is 11.1. The molecule has 1 aromatic rings. The van der Waals surface area contributed by atoms with E-state index in [2.05, 4.69) is 0 Å². The summed E-state index contributed by atoms with van der Waals surface area (Å²) >= 11 is 0. The summed E-state index contributed by atoms with van der Waals surface area (Å²) < 4.78 is 5.10. The van der Waals surface area contributed by atoms with E-state index >= 15 is 0 Å². The molecule has 3 N–H and O–H groups in total. The van der Waals surface area contributed by atoms with Crippen LogP contribution in [-0.4, -0.2) is 47.7 Å². The van der Waals surface area contributed by atoms with Gasteiger partial charge in [-0.05, 0) is 11.1 Å². The zero-order chi connectivity index (χ0) is 14.5. The maximum absolute atomic E-state index is 12.2. The quantitative estimate of drug-likeness (QED) is 0.808. The molecular weight excluding hydrogens is 260 g/mol. The summed E-state index contributed by atoms with van der Waals surface area (Å²) in [6.07, 6.45) is -0.697. The number of carbonyl (C=O) groups excluding carboxylic acids is 1. The van der Waals surface area contributed by atoms with Crippen LogP contribution in [0.4, 0.5) is 0 Å². The van der Waals surface area contributed by atoms with Gasteiger partial charge in [-0.15, -0.1) is 0 Å². The number of aliphatic carboxylic acids is 1. The third-order valence-corrected chi connectivity index (χ3v) is 3.37. The predicted molar refractivity (Wildman–Crippen MR) is 72.0 cm³/mol. The second-order valence-corrected chi connectivity index (χ2v) is 4.69. The topological polar surface area (TPSA) is 92.9 Å². The smallest absolute Gasteiger partial charge is 0.334 e. The van der Waals surface area contributed by atoms with Crippen molar-refractivity contribution in [1.29, 1.82) is 0 Å². The fourth-order valence-corrected chi connectivity index (χ4v) is 2.23. The van der Waals surface area contributed by atoms with E-state index in [1.54, 1.807) is 0 Å². The minimum Gasteiger partial charge on any atom is -0.479 e. The minimum absolute atomic E-state index is 0.0962. The van der Waals surface area contributed by atoms with E-state index in [4.69, 9.17) is 15.6 Å². The van der Waals surface area contributed by atoms with Crippen LogP contribution >= 0.6 is 0 Å². The van der Waals surface area contributed by atoms with Gasteiger partial charge < -0.3 is 20.5 Å². The molecule has 0 spiro atoms. The number of morpholine rings is 1. The maximum atomic E-state index is 12.2. The molecule has 1 aliphatic heterocycles. The Morgan fingerprint density at radius 3 is 2.70 bits per heavy atom. The van der Waals surface area contributed by atoms with Crippen molar-refractivity contribution in [2.45, 2.75) is 19.1 Å². The number of hydrogen-bond donors (Lipinski definition) is 2. The summed E-state index contributed by atoms with van der Waals surface area (Å²) in [5.74, 6) is -1.13. The van der Waals surface area contributed by atoms with Crippen LogP contribution in [0.2, 0.25) is 0 Å². The van der Waals surface area contributed by atoms with Crippen molar-refractivity contribution in [2.24, 2.45) is 5.73 Å². The molecule has 6 heteroatoms. The molecule has 0 aliphatic carbocycles. The Labute approximate surface area is 117 Å². The number of ether oxygens (including phenoxy) is 1. The lowest BCUT2D eigenvalue weighted by Crippen LogP contribution is -2.49. The second kappa shape index (κ2) is 6.49. The molecule has 0 radical (unpaired) electrons. The van der Waals surface area contributed by atoms with Crippen LogP contribution in [0.25, 0.3) is 0 Å². The highest BCUT2D eigenvalue weighted by molar-refractivity contribution is 5.80. The lowest BCUT2D eigenvalue weighted by Gasteiger charge is -2.31. The number of rotatable bonds is 4. The molecule has 2 rings (SSSR count). The number of benzene rings is 1. The molecule has 1 atom stereocenters. The first kappa shape index (κ1) is 14.5. The van der Waals surface area contributed by atoms with Gasteiger partial charge in [0.2, 0.25) is 5.91 Å². The Morgan fingerprint density at radius 1 is 1.35 bits per heavy atom. The van der Waals surface area contributed by atoms with E-state index in [0.717, 1.165) is 11.1 Å². The average Bonchev–Trinajstić information content (AvgIpc) is 2.48. The number of amides is 1. The van der Waals surface area contributed by atoms with Gasteiger partial charge in [-0.1, -0.05) is 24.3 Å². The summed E-state index contributed by atoms with van der Waals surface area (Å²) in [5, 5.41) is 8.93. The van der Waals surface area contributed by atoms with Crippen molar-refractivity contribution in [1.82, 2.24) is 4.90 Å². The standard InChI is InChI=1S/C14H18N2O4/c15-8-11-4-2-1-3-10(11)7-13(17)16-5-6-20-12(9-16)14(18)19/h1-4,12H,5-9,15H2,(H,18,19). The Hall–Kier alpha value is -1.92. The summed E-state index contributed by atoms with van der Waals surface area (Å²) in [6.45, 7) is 1.15. The number of carbonyl (C=O) groups is 2. The van der Waals surface area contributed by atoms with Crippen LogP contribution in [0.15, 0.2) is 24.3 Å². The van der Waals surface area contributed by atoms with Crippen molar-refractivity contribution in [3.8, 4) is 0 Å². The maximum Gasteiger partial charge on any atom is 0.334 e. The van der Waals surface area contributed by atoms with Crippen molar-refractivity contribution in [3.63, 3.8) is 0 Å². The first-order valence-electron chi connectivity index (χ1n) is 6.51. The van der Waals surface area contributed by atoms with Crippen LogP contribution in [0.5, 0.6) is 0 Å². The van der Waals surface area contributed by atoms with E-state index in [-0.39, 0.29) is 25.5 Å². The molecule has 108 valence electrons. The molecule has 1 aromatic carbocycles. The molecule has 1 aliphatic rings. The van der Waals surface area contributed by atoms with Gasteiger partial charge in [0.25, 0.3) is 0 Å². The normalized spacial score (nSPS) is 18.9. The van der Waals surface area contributed by atoms with Gasteiger partial charge in [-0.2, -0.15) is 0 Å². The zero-order valence-corrected chi connectivity index (χ0v) is 11.1. The summed E-state index contributed by atoms with van der Waals surface area (Å²) in [7, 11) is 0. The molecule has 1 fully saturated rings. The predicted octanol–water partition coefficient (Wildman–Crippen LogP) is -0.000200. The van der Waals surface area contributed by atoms with Crippen LogP contribution in [0, 0.1) is 0 Å². The van der Waals surface area contributed by atoms with Crippen molar-refractivity contribution in [2.75, 3.05) is 19.7 Å². The summed E-state index contributed by atoms with van der Waals surface area (Å²) in [4.78, 5) is 24.7. The van der Waals surface area contributed by atoms with Gasteiger partial charge in [0.15, 0.2) is 6.10 Å². The molecule has 0 saturated carbocycles. The van der Waals surface area contributed by atoms with Gasteiger partial charge in [0.05, 0.1) is 19.6 Å². The largest absolute Gasteiger partial charge is 0.479 e. The van der Waals surface area contributed by atoms with Crippen LogP contribution in [-0.2, 0) is 27.3 Å². The van der Waals surface area contributed by atoms with E-state index in [1.807, 2.05) is 24.3 Å². The van der Waals surface area contributed by atoms with Crippen molar-refractivity contribution >= 4 is 11.9 Å². The second-order valence-electron chi connectivity index (χ2n) is 4.69. The molecule has 20 heavy (non-hydrogen) atoms. The molecule has 1 unspecified atom stereocenters. The highest BCUT2D eigenvalue weighted by atomic mass is 16.5. The van der Waals surface area contributed by atoms with E-state index in [1.165, 1.54) is 4.90 Å². The number of hydrogen-bond acceptors (Lipinski definition) is 4. The average molecular weight is 278 g/mol. The number of nitrogens with two attached hydrogens (primary N) is 1. The van der Waals surface area contributed by atoms with Gasteiger partial charge >= 0.3 is 5.97 Å². The van der Waals surface area contributed by atoms with E-state index < -0.39 is 12.1 Å². The van der Waals surface area contributed by atoms with Gasteiger partial charge in [-0.3, -0.25) is 4.79 Å². The Kier molecular flexibility index (Phi) is 4.70. The molecule has 6 nitrogen and oxygen atoms in total. The third kappa shape index (κ3) is 3.34. The first-order valence-corrected chi connectivity index (χ1v) is 6.51. The highest BCUT2D eigenvalue weighted by Gasteiger charge is 2.28. The molecule has 1 saturated heterocycles. The molecule has 0 bridgehead atoms. The van der Waals surface area contributed by atoms with Crippen LogP contribution in [0.1, 0.15) is 11.1 Å². The third-order valence-electron chi connectivity index (χ3n) is 3.37. The molecular formula is C14H18N2O4.